The topological polar surface area (TPSA) is 37.3 Å². The summed E-state index contributed by atoms with van der Waals surface area (Å²) in [5, 5.41) is 8.60. The lowest BCUT2D eigenvalue weighted by Gasteiger charge is -2.15. The molecule has 0 saturated heterocycles. The maximum atomic E-state index is 10.5. The van der Waals surface area contributed by atoms with Crippen molar-refractivity contribution >= 4 is 5.97 Å². The first-order valence-corrected chi connectivity index (χ1v) is 2.73. The lowest BCUT2D eigenvalue weighted by atomic mass is 9.90. The molecule has 52 valence electrons. The Kier molecular flexibility index (Phi) is 1.49. The molecular weight excluding hydrogens is 116 g/mol. The molecule has 0 unspecified atom stereocenters. The van der Waals surface area contributed by atoms with Gasteiger partial charge < -0.3 is 5.11 Å². The number of hydrogen-bond acceptors (Lipinski definition) is 1. The highest BCUT2D eigenvalue weighted by Crippen LogP contribution is 2.19. The molecule has 0 rings (SSSR count). The summed E-state index contributed by atoms with van der Waals surface area (Å²) in [5.41, 5.74) is -0.868. The first-order valence-electron chi connectivity index (χ1n) is 3.73. The van der Waals surface area contributed by atoms with E-state index in [-0.39, 0.29) is 13.0 Å². The van der Waals surface area contributed by atoms with Gasteiger partial charge in [-0.15, -0.1) is 6.53 Å². The summed E-state index contributed by atoms with van der Waals surface area (Å²) in [5.74, 6) is -0.907. The van der Waals surface area contributed by atoms with E-state index in [1.165, 1.54) is 6.08 Å². The second kappa shape index (κ2) is 2.67. The molecule has 0 aromatic heterocycles. The van der Waals surface area contributed by atoms with Gasteiger partial charge in [0, 0.05) is 0 Å². The lowest BCUT2D eigenvalue weighted by molar-refractivity contribution is -0.146. The largest absolute Gasteiger partial charge is 0.481 e. The molecule has 1 N–H and O–H groups in total. The van der Waals surface area contributed by atoms with E-state index in [0.717, 1.165) is 0 Å². The third-order valence-electron chi connectivity index (χ3n) is 1.19. The Balaban J connectivity index is 4.14. The average Bonchev–Trinajstić information content (AvgIpc) is 1.84. The molecule has 0 radical (unpaired) electrons. The highest BCUT2D eigenvalue weighted by atomic mass is 16.4. The van der Waals surface area contributed by atoms with Crippen molar-refractivity contribution in [1.82, 2.24) is 0 Å². The van der Waals surface area contributed by atoms with Gasteiger partial charge in [0.1, 0.15) is 0 Å². The van der Waals surface area contributed by atoms with Crippen LogP contribution in [0.25, 0.3) is 0 Å². The minimum atomic E-state index is -0.907. The van der Waals surface area contributed by atoms with Crippen LogP contribution in [0.5, 0.6) is 0 Å². The third-order valence-corrected chi connectivity index (χ3v) is 1.19. The Morgan fingerprint density at radius 1 is 2.00 bits per heavy atom. The van der Waals surface area contributed by atoms with Crippen LogP contribution in [0.15, 0.2) is 12.6 Å². The van der Waals surface area contributed by atoms with Gasteiger partial charge in [0.05, 0.1) is 8.16 Å². The zero-order valence-corrected chi connectivity index (χ0v) is 5.64. The minimum Gasteiger partial charge on any atom is -0.481 e. The van der Waals surface area contributed by atoms with Gasteiger partial charge in [-0.2, -0.15) is 0 Å². The van der Waals surface area contributed by atoms with Crippen molar-refractivity contribution in [2.24, 2.45) is 5.41 Å². The molecule has 0 aromatic rings. The fourth-order valence-electron chi connectivity index (χ4n) is 0.342. The third kappa shape index (κ3) is 2.31. The molecule has 2 heteroatoms. The van der Waals surface area contributed by atoms with Gasteiger partial charge in [0.25, 0.3) is 0 Å². The van der Waals surface area contributed by atoms with Crippen LogP contribution in [0.2, 0.25) is 0 Å². The number of allylic oxidation sites excluding steroid dienone is 1. The van der Waals surface area contributed by atoms with Gasteiger partial charge in [0.2, 0.25) is 0 Å². The molecule has 0 atom stereocenters. The van der Waals surface area contributed by atoms with Crippen molar-refractivity contribution in [3.63, 3.8) is 0 Å². The summed E-state index contributed by atoms with van der Waals surface area (Å²) in [7, 11) is 0. The minimum absolute atomic E-state index is 0.227. The van der Waals surface area contributed by atoms with Gasteiger partial charge in [0.15, 0.2) is 0 Å². The van der Waals surface area contributed by atoms with Crippen LogP contribution < -0.4 is 0 Å². The van der Waals surface area contributed by atoms with Crippen LogP contribution in [-0.2, 0) is 4.79 Å². The van der Waals surface area contributed by atoms with E-state index in [2.05, 4.69) is 0 Å². The summed E-state index contributed by atoms with van der Waals surface area (Å²) >= 11 is 0. The highest BCUT2D eigenvalue weighted by Gasteiger charge is 2.24. The molecule has 0 amide bonds. The van der Waals surface area contributed by atoms with Crippen molar-refractivity contribution in [3.05, 3.63) is 12.6 Å². The number of aliphatic carboxylic acids is 1. The Hall–Kier alpha value is -0.790. The molecule has 9 heavy (non-hydrogen) atoms. The van der Waals surface area contributed by atoms with Crippen LogP contribution in [0, 0.1) is 5.41 Å². The van der Waals surface area contributed by atoms with Crippen LogP contribution in [-0.4, -0.2) is 11.1 Å². The van der Waals surface area contributed by atoms with Crippen molar-refractivity contribution in [2.75, 3.05) is 0 Å². The Morgan fingerprint density at radius 3 is 2.89 bits per heavy atom. The van der Waals surface area contributed by atoms with Crippen molar-refractivity contribution in [2.45, 2.75) is 20.3 Å². The van der Waals surface area contributed by atoms with Gasteiger partial charge in [-0.25, -0.2) is 0 Å². The van der Waals surface area contributed by atoms with Gasteiger partial charge in [-0.05, 0) is 20.3 Å². The maximum absolute atomic E-state index is 10.5. The van der Waals surface area contributed by atoms with Crippen molar-refractivity contribution in [1.29, 1.82) is 0 Å². The molecule has 0 aliphatic rings. The van der Waals surface area contributed by atoms with Crippen LogP contribution >= 0.6 is 0 Å². The quantitative estimate of drug-likeness (QED) is 0.590. The standard InChI is InChI=1S/C7H12O2/c1-4-5-7(2,3)6(8)9/h4H,1,5H2,2-3H3,(H,8,9)/i1D2. The second-order valence-corrected chi connectivity index (χ2v) is 2.60. The fourth-order valence-corrected chi connectivity index (χ4v) is 0.342. The number of carboxylic acids is 1. The highest BCUT2D eigenvalue weighted by molar-refractivity contribution is 5.73. The summed E-state index contributed by atoms with van der Waals surface area (Å²) < 4.78 is 13.5. The molecule has 0 aliphatic heterocycles. The van der Waals surface area contributed by atoms with E-state index < -0.39 is 11.4 Å². The van der Waals surface area contributed by atoms with E-state index in [1.807, 2.05) is 0 Å². The second-order valence-electron chi connectivity index (χ2n) is 2.60. The number of hydrogen-bond donors (Lipinski definition) is 1. The molecule has 0 fully saturated rings. The molecule has 0 bridgehead atoms. The van der Waals surface area contributed by atoms with Crippen LogP contribution in [0.1, 0.15) is 23.0 Å². The van der Waals surface area contributed by atoms with Crippen molar-refractivity contribution < 1.29 is 12.6 Å². The SMILES string of the molecule is [2H]C([2H])=CCC(C)(C)C(=O)O. The Labute approximate surface area is 58.0 Å². The fraction of sp³-hybridized carbons (Fsp3) is 0.571. The predicted octanol–water partition coefficient (Wildman–Crippen LogP) is 1.67. The average molecular weight is 130 g/mol. The van der Waals surface area contributed by atoms with Gasteiger partial charge in [-0.1, -0.05) is 6.08 Å². The van der Waals surface area contributed by atoms with E-state index >= 15 is 0 Å². The maximum Gasteiger partial charge on any atom is 0.309 e. The Morgan fingerprint density at radius 2 is 2.56 bits per heavy atom. The van der Waals surface area contributed by atoms with Crippen LogP contribution in [0.4, 0.5) is 0 Å². The smallest absolute Gasteiger partial charge is 0.309 e. The molecule has 0 aromatic carbocycles. The number of carbonyl (C=O) groups is 1. The lowest BCUT2D eigenvalue weighted by Crippen LogP contribution is -2.22. The van der Waals surface area contributed by atoms with Crippen molar-refractivity contribution in [3.8, 4) is 0 Å². The Bertz CT molecular complexity index is 181. The first-order chi connectivity index (χ1) is 4.86. The number of rotatable bonds is 3. The zero-order valence-electron chi connectivity index (χ0n) is 7.64. The normalized spacial score (nSPS) is 13.6. The molecule has 0 aliphatic carbocycles. The zero-order chi connectivity index (χ0) is 9.07. The predicted molar refractivity (Wildman–Crippen MR) is 36.2 cm³/mol. The molecule has 0 spiro atoms. The van der Waals surface area contributed by atoms with Gasteiger partial charge >= 0.3 is 5.97 Å². The summed E-state index contributed by atoms with van der Waals surface area (Å²) in [6, 6.07) is 0. The van der Waals surface area contributed by atoms with E-state index in [0.29, 0.717) is 0 Å². The summed E-state index contributed by atoms with van der Waals surface area (Å²) in [6.45, 7) is 2.79. The summed E-state index contributed by atoms with van der Waals surface area (Å²) in [6.07, 6.45) is 1.51. The van der Waals surface area contributed by atoms with E-state index in [4.69, 9.17) is 7.85 Å². The van der Waals surface area contributed by atoms with Crippen LogP contribution in [0.3, 0.4) is 0 Å². The van der Waals surface area contributed by atoms with Gasteiger partial charge in [-0.3, -0.25) is 4.79 Å². The summed E-state index contributed by atoms with van der Waals surface area (Å²) in [4.78, 5) is 10.5. The molecule has 0 heterocycles. The van der Waals surface area contributed by atoms with E-state index in [9.17, 15) is 4.79 Å². The number of carboxylic acid groups (broad SMARTS) is 1. The molecule has 0 saturated carbocycles. The van der Waals surface area contributed by atoms with E-state index in [1.54, 1.807) is 13.8 Å². The molecular formula is C7H12O2. The molecule has 2 nitrogen and oxygen atoms in total. The first kappa shape index (κ1) is 5.03. The monoisotopic (exact) mass is 130 g/mol.